The van der Waals surface area contributed by atoms with E-state index in [9.17, 15) is 13.2 Å². The summed E-state index contributed by atoms with van der Waals surface area (Å²) in [5, 5.41) is 0. The quantitative estimate of drug-likeness (QED) is 0.429. The van der Waals surface area contributed by atoms with Crippen LogP contribution in [0.5, 0.6) is 0 Å². The number of rotatable bonds is 2. The number of hydrogen-bond donors (Lipinski definition) is 0. The minimum atomic E-state index is -6.09. The molecule has 14 heavy (non-hydrogen) atoms. The maximum absolute atomic E-state index is 10.7. The van der Waals surface area contributed by atoms with E-state index >= 15 is 0 Å². The van der Waals surface area contributed by atoms with Gasteiger partial charge in [0, 0.05) is 6.66 Å². The summed E-state index contributed by atoms with van der Waals surface area (Å²) in [6.45, 7) is 6.93. The highest BCUT2D eigenvalue weighted by atomic mass is 32.2. The highest BCUT2D eigenvalue weighted by molar-refractivity contribution is 7.86. The van der Waals surface area contributed by atoms with Crippen LogP contribution >= 0.6 is 7.92 Å². The second-order valence-corrected chi connectivity index (χ2v) is 7.26. The summed E-state index contributed by atoms with van der Waals surface area (Å²) in [7, 11) is -5.96. The molecule has 0 bridgehead atoms. The molecule has 0 amide bonds. The van der Waals surface area contributed by atoms with E-state index in [-0.39, 0.29) is 7.92 Å². The third kappa shape index (κ3) is 8.72. The summed E-state index contributed by atoms with van der Waals surface area (Å²) in [5.74, 6) is 0. The molecule has 0 unspecified atom stereocenters. The van der Waals surface area contributed by atoms with Crippen LogP contribution in [-0.2, 0) is 10.1 Å². The molecular formula is C6H14F3O3PS. The van der Waals surface area contributed by atoms with Crippen LogP contribution in [0.4, 0.5) is 13.2 Å². The molecule has 0 aromatic carbocycles. The predicted octanol–water partition coefficient (Wildman–Crippen LogP) is 1.92. The first kappa shape index (κ1) is 16.6. The predicted molar refractivity (Wildman–Crippen MR) is 51.1 cm³/mol. The molecule has 3 nitrogen and oxygen atoms in total. The largest absolute Gasteiger partial charge is 0.741 e. The summed E-state index contributed by atoms with van der Waals surface area (Å²) in [4.78, 5) is 0. The second kappa shape index (κ2) is 6.58. The average Bonchev–Trinajstić information content (AvgIpc) is 2.00. The van der Waals surface area contributed by atoms with Gasteiger partial charge >= 0.3 is 5.51 Å². The molecule has 0 saturated heterocycles. The highest BCUT2D eigenvalue weighted by Gasteiger charge is 2.36. The topological polar surface area (TPSA) is 57.2 Å². The average molecular weight is 254 g/mol. The van der Waals surface area contributed by atoms with Gasteiger partial charge in [0.25, 0.3) is 0 Å². The Hall–Kier alpha value is 0.130. The summed E-state index contributed by atoms with van der Waals surface area (Å²) in [6, 6.07) is 0. The van der Waals surface area contributed by atoms with E-state index < -0.39 is 15.6 Å². The molecule has 0 aliphatic rings. The normalized spacial score (nSPS) is 12.3. The van der Waals surface area contributed by atoms with Crippen molar-refractivity contribution in [1.82, 2.24) is 0 Å². The Bertz CT molecular complexity index is 233. The van der Waals surface area contributed by atoms with Crippen LogP contribution in [0.25, 0.3) is 0 Å². The molecule has 0 atom stereocenters. The lowest BCUT2D eigenvalue weighted by molar-refractivity contribution is -0.0517. The minimum Gasteiger partial charge on any atom is -0.741 e. The first-order valence-corrected chi connectivity index (χ1v) is 7.71. The summed E-state index contributed by atoms with van der Waals surface area (Å²) >= 11 is 0. The summed E-state index contributed by atoms with van der Waals surface area (Å²) in [6.07, 6.45) is 2.86. The van der Waals surface area contributed by atoms with E-state index in [1.165, 1.54) is 12.3 Å². The molecular weight excluding hydrogens is 240 g/mol. The Morgan fingerprint density at radius 1 is 1.21 bits per heavy atom. The van der Waals surface area contributed by atoms with Gasteiger partial charge in [-0.25, -0.2) is 8.42 Å². The van der Waals surface area contributed by atoms with E-state index in [0.29, 0.717) is 0 Å². The SMILES string of the molecule is CC[PH+](C)CC.O=S(=O)([O-])C(F)(F)F. The zero-order chi connectivity index (χ0) is 12.0. The Morgan fingerprint density at radius 2 is 1.43 bits per heavy atom. The van der Waals surface area contributed by atoms with Crippen LogP contribution in [0.1, 0.15) is 13.8 Å². The lowest BCUT2D eigenvalue weighted by atomic mass is 11.0. The maximum atomic E-state index is 10.7. The van der Waals surface area contributed by atoms with Crippen molar-refractivity contribution in [3.63, 3.8) is 0 Å². The van der Waals surface area contributed by atoms with Crippen LogP contribution in [0.2, 0.25) is 0 Å². The Labute approximate surface area is 83.2 Å². The molecule has 0 radical (unpaired) electrons. The second-order valence-electron chi connectivity index (χ2n) is 2.56. The van der Waals surface area contributed by atoms with Gasteiger partial charge in [0.15, 0.2) is 10.1 Å². The lowest BCUT2D eigenvalue weighted by Crippen LogP contribution is -2.21. The lowest BCUT2D eigenvalue weighted by Gasteiger charge is -2.08. The number of halogens is 3. The van der Waals surface area contributed by atoms with E-state index in [4.69, 9.17) is 13.0 Å². The van der Waals surface area contributed by atoms with Crippen LogP contribution in [-0.4, -0.2) is 37.5 Å². The maximum Gasteiger partial charge on any atom is 0.485 e. The Morgan fingerprint density at radius 3 is 1.43 bits per heavy atom. The van der Waals surface area contributed by atoms with Gasteiger partial charge in [0.05, 0.1) is 12.3 Å². The Balaban J connectivity index is 0. The van der Waals surface area contributed by atoms with Crippen molar-refractivity contribution < 1.29 is 26.1 Å². The fraction of sp³-hybridized carbons (Fsp3) is 1.00. The van der Waals surface area contributed by atoms with Gasteiger partial charge in [-0.05, 0) is 21.8 Å². The van der Waals surface area contributed by atoms with Crippen molar-refractivity contribution in [1.29, 1.82) is 0 Å². The molecule has 0 spiro atoms. The van der Waals surface area contributed by atoms with Gasteiger partial charge in [-0.2, -0.15) is 13.2 Å². The zero-order valence-electron chi connectivity index (χ0n) is 8.18. The van der Waals surface area contributed by atoms with Gasteiger partial charge in [-0.3, -0.25) is 0 Å². The first-order chi connectivity index (χ1) is 6.06. The van der Waals surface area contributed by atoms with E-state index in [2.05, 4.69) is 20.5 Å². The van der Waals surface area contributed by atoms with Crippen molar-refractivity contribution in [2.75, 3.05) is 19.0 Å². The molecule has 0 aliphatic heterocycles. The van der Waals surface area contributed by atoms with Crippen LogP contribution < -0.4 is 0 Å². The molecule has 0 fully saturated rings. The molecule has 0 N–H and O–H groups in total. The van der Waals surface area contributed by atoms with Gasteiger partial charge in [0.1, 0.15) is 0 Å². The molecule has 0 aromatic rings. The van der Waals surface area contributed by atoms with Crippen molar-refractivity contribution in [3.8, 4) is 0 Å². The molecule has 8 heteroatoms. The van der Waals surface area contributed by atoms with Crippen molar-refractivity contribution in [2.24, 2.45) is 0 Å². The van der Waals surface area contributed by atoms with Crippen molar-refractivity contribution in [2.45, 2.75) is 19.4 Å². The van der Waals surface area contributed by atoms with E-state index in [1.807, 2.05) is 0 Å². The summed E-state index contributed by atoms with van der Waals surface area (Å²) < 4.78 is 58.9. The highest BCUT2D eigenvalue weighted by Crippen LogP contribution is 2.27. The van der Waals surface area contributed by atoms with Crippen LogP contribution in [0.15, 0.2) is 0 Å². The van der Waals surface area contributed by atoms with E-state index in [1.54, 1.807) is 0 Å². The molecule has 0 aromatic heterocycles. The number of alkyl halides is 3. The van der Waals surface area contributed by atoms with E-state index in [0.717, 1.165) is 0 Å². The summed E-state index contributed by atoms with van der Waals surface area (Å²) in [5.41, 5.74) is -5.65. The molecule has 0 heterocycles. The first-order valence-electron chi connectivity index (χ1n) is 3.89. The smallest absolute Gasteiger partial charge is 0.485 e. The van der Waals surface area contributed by atoms with Crippen molar-refractivity contribution >= 4 is 18.0 Å². The van der Waals surface area contributed by atoms with Gasteiger partial charge in [-0.1, -0.05) is 0 Å². The molecule has 88 valence electrons. The third-order valence-corrected chi connectivity index (χ3v) is 4.47. The molecule has 0 saturated carbocycles. The molecule has 0 aliphatic carbocycles. The third-order valence-electron chi connectivity index (χ3n) is 1.49. The monoisotopic (exact) mass is 254 g/mol. The van der Waals surface area contributed by atoms with Crippen LogP contribution in [0.3, 0.4) is 0 Å². The zero-order valence-corrected chi connectivity index (χ0v) is 10.00. The minimum absolute atomic E-state index is 0.132. The van der Waals surface area contributed by atoms with Gasteiger partial charge in [-0.15, -0.1) is 0 Å². The Kier molecular flexibility index (Phi) is 7.79. The van der Waals surface area contributed by atoms with Gasteiger partial charge in [0.2, 0.25) is 0 Å². The fourth-order valence-corrected chi connectivity index (χ4v) is 0.750. The van der Waals surface area contributed by atoms with Crippen LogP contribution in [0, 0.1) is 0 Å². The molecule has 0 rings (SSSR count). The van der Waals surface area contributed by atoms with Crippen molar-refractivity contribution in [3.05, 3.63) is 0 Å². The van der Waals surface area contributed by atoms with Gasteiger partial charge < -0.3 is 4.55 Å². The standard InChI is InChI=1S/C5H13P.CHF3O3S/c1-4-6(3)5-2;2-1(3,4)8(5,6)7/h4-5H2,1-3H3;(H,5,6,7). The fourth-order valence-electron chi connectivity index (χ4n) is 0.250. The number of hydrogen-bond acceptors (Lipinski definition) is 3.